The summed E-state index contributed by atoms with van der Waals surface area (Å²) < 4.78 is 10.5. The van der Waals surface area contributed by atoms with E-state index in [1.54, 1.807) is 25.1 Å². The number of nitro benzene ring substituents is 1. The lowest BCUT2D eigenvalue weighted by Gasteiger charge is -2.05. The quantitative estimate of drug-likeness (QED) is 0.511. The molecule has 0 radical (unpaired) electrons. The number of nitrogens with zero attached hydrogens (tertiary/aromatic N) is 2. The van der Waals surface area contributed by atoms with Crippen molar-refractivity contribution < 1.29 is 18.9 Å². The highest BCUT2D eigenvalue weighted by molar-refractivity contribution is 6.31. The predicted octanol–water partition coefficient (Wildman–Crippen LogP) is 4.47. The fourth-order valence-electron chi connectivity index (χ4n) is 2.39. The van der Waals surface area contributed by atoms with Crippen LogP contribution in [0.3, 0.4) is 0 Å². The van der Waals surface area contributed by atoms with Crippen LogP contribution in [0, 0.1) is 17.0 Å². The number of pyridine rings is 1. The van der Waals surface area contributed by atoms with Gasteiger partial charge in [0.2, 0.25) is 0 Å². The van der Waals surface area contributed by atoms with E-state index in [0.717, 1.165) is 0 Å². The van der Waals surface area contributed by atoms with Crippen LogP contribution >= 0.6 is 11.6 Å². The summed E-state index contributed by atoms with van der Waals surface area (Å²) in [5, 5.41) is 14.4. The molecule has 0 bridgehead atoms. The van der Waals surface area contributed by atoms with E-state index in [1.807, 2.05) is 0 Å². The summed E-state index contributed by atoms with van der Waals surface area (Å²) in [7, 11) is 1.42. The first-order valence-corrected chi connectivity index (χ1v) is 8.14. The lowest BCUT2D eigenvalue weighted by Crippen LogP contribution is -2.12. The zero-order valence-electron chi connectivity index (χ0n) is 14.4. The van der Waals surface area contributed by atoms with Crippen molar-refractivity contribution in [3.8, 4) is 17.1 Å². The zero-order chi connectivity index (χ0) is 19.6. The number of benzene rings is 1. The molecule has 27 heavy (non-hydrogen) atoms. The molecule has 0 aliphatic heterocycles. The van der Waals surface area contributed by atoms with Gasteiger partial charge < -0.3 is 14.5 Å². The second kappa shape index (κ2) is 7.46. The number of hydrogen-bond acceptors (Lipinski definition) is 6. The van der Waals surface area contributed by atoms with Gasteiger partial charge in [-0.1, -0.05) is 11.6 Å². The van der Waals surface area contributed by atoms with E-state index >= 15 is 0 Å². The Morgan fingerprint density at radius 1 is 1.26 bits per heavy atom. The van der Waals surface area contributed by atoms with Gasteiger partial charge in [0.05, 0.1) is 34.4 Å². The van der Waals surface area contributed by atoms with Crippen LogP contribution in [0.1, 0.15) is 16.2 Å². The Morgan fingerprint density at radius 3 is 2.70 bits per heavy atom. The minimum Gasteiger partial charge on any atom is -0.497 e. The van der Waals surface area contributed by atoms with Gasteiger partial charge in [0.15, 0.2) is 5.76 Å². The molecule has 3 aromatic rings. The van der Waals surface area contributed by atoms with Crippen molar-refractivity contribution in [3.63, 3.8) is 0 Å². The van der Waals surface area contributed by atoms with Gasteiger partial charge in [0, 0.05) is 0 Å². The van der Waals surface area contributed by atoms with Gasteiger partial charge in [-0.15, -0.1) is 0 Å². The number of furan rings is 1. The number of methoxy groups -OCH3 is 1. The number of amides is 1. The lowest BCUT2D eigenvalue weighted by molar-refractivity contribution is -0.384. The number of aromatic nitrogens is 1. The molecule has 138 valence electrons. The molecule has 0 unspecified atom stereocenters. The van der Waals surface area contributed by atoms with Gasteiger partial charge in [-0.2, -0.15) is 0 Å². The Bertz CT molecular complexity index is 1030. The molecule has 3 rings (SSSR count). The number of carbonyl (C=O) groups excluding carboxylic acids is 1. The van der Waals surface area contributed by atoms with Crippen LogP contribution in [0.15, 0.2) is 46.9 Å². The Hall–Kier alpha value is -3.39. The lowest BCUT2D eigenvalue weighted by atomic mass is 10.1. The van der Waals surface area contributed by atoms with Crippen molar-refractivity contribution in [1.29, 1.82) is 0 Å². The molecule has 0 atom stereocenters. The van der Waals surface area contributed by atoms with Gasteiger partial charge in [-0.25, -0.2) is 4.98 Å². The molecule has 0 aliphatic carbocycles. The van der Waals surface area contributed by atoms with Crippen molar-refractivity contribution in [2.75, 3.05) is 12.4 Å². The number of nitrogens with one attached hydrogen (secondary N) is 1. The van der Waals surface area contributed by atoms with Crippen LogP contribution in [0.25, 0.3) is 11.3 Å². The fraction of sp³-hybridized carbons (Fsp3) is 0.111. The molecule has 1 amide bonds. The average molecular weight is 388 g/mol. The van der Waals surface area contributed by atoms with Crippen LogP contribution in [0.5, 0.6) is 5.75 Å². The molecule has 2 aromatic heterocycles. The summed E-state index contributed by atoms with van der Waals surface area (Å²) in [5.74, 6) is 0.306. The number of hydrogen-bond donors (Lipinski definition) is 1. The molecule has 1 aromatic carbocycles. The molecule has 0 spiro atoms. The first kappa shape index (κ1) is 18.4. The van der Waals surface area contributed by atoms with E-state index in [-0.39, 0.29) is 22.8 Å². The van der Waals surface area contributed by atoms with Gasteiger partial charge >= 0.3 is 0 Å². The topological polar surface area (TPSA) is 108 Å². The third-order valence-electron chi connectivity index (χ3n) is 3.76. The Morgan fingerprint density at radius 2 is 2.04 bits per heavy atom. The normalized spacial score (nSPS) is 10.5. The summed E-state index contributed by atoms with van der Waals surface area (Å²) in [6.07, 6.45) is 0. The SMILES string of the molecule is COc1ccc(-c2ccc(C(=O)Nc3ccc(Cl)c(C)n3)o2)c([N+](=O)[O-])c1. The predicted molar refractivity (Wildman–Crippen MR) is 99.3 cm³/mol. The van der Waals surface area contributed by atoms with Crippen molar-refractivity contribution in [2.45, 2.75) is 6.92 Å². The van der Waals surface area contributed by atoms with Crippen molar-refractivity contribution in [2.24, 2.45) is 0 Å². The molecule has 0 fully saturated rings. The maximum Gasteiger partial charge on any atom is 0.292 e. The third-order valence-corrected chi connectivity index (χ3v) is 4.16. The van der Waals surface area contributed by atoms with E-state index in [4.69, 9.17) is 20.8 Å². The second-order valence-electron chi connectivity index (χ2n) is 5.52. The van der Waals surface area contributed by atoms with E-state index < -0.39 is 10.8 Å². The molecule has 0 aliphatic rings. The highest BCUT2D eigenvalue weighted by Crippen LogP contribution is 2.34. The second-order valence-corrected chi connectivity index (χ2v) is 5.93. The summed E-state index contributed by atoms with van der Waals surface area (Å²) in [5.41, 5.74) is 0.620. The average Bonchev–Trinajstić information content (AvgIpc) is 3.14. The molecule has 8 nitrogen and oxygen atoms in total. The van der Waals surface area contributed by atoms with Crippen molar-refractivity contribution in [3.05, 3.63) is 69.1 Å². The van der Waals surface area contributed by atoms with Crippen LogP contribution in [0.2, 0.25) is 5.02 Å². The summed E-state index contributed by atoms with van der Waals surface area (Å²) in [4.78, 5) is 27.3. The van der Waals surface area contributed by atoms with E-state index in [2.05, 4.69) is 10.3 Å². The standard InChI is InChI=1S/C18H14ClN3O5/c1-10-13(19)5-8-17(20-10)21-18(23)16-7-6-15(27-16)12-4-3-11(26-2)9-14(12)22(24)25/h3-9H,1-2H3,(H,20,21,23). The Labute approximate surface area is 158 Å². The van der Waals surface area contributed by atoms with E-state index in [9.17, 15) is 14.9 Å². The number of rotatable bonds is 5. The summed E-state index contributed by atoms with van der Waals surface area (Å²) in [6.45, 7) is 1.71. The number of carbonyl (C=O) groups is 1. The molecule has 9 heteroatoms. The highest BCUT2D eigenvalue weighted by atomic mass is 35.5. The van der Waals surface area contributed by atoms with Crippen molar-refractivity contribution >= 4 is 29.0 Å². The van der Waals surface area contributed by atoms with Crippen LogP contribution < -0.4 is 10.1 Å². The molecular weight excluding hydrogens is 374 g/mol. The van der Waals surface area contributed by atoms with Crippen molar-refractivity contribution in [1.82, 2.24) is 4.98 Å². The minimum absolute atomic E-state index is 0.00970. The third kappa shape index (κ3) is 3.90. The van der Waals surface area contributed by atoms with Gasteiger partial charge in [0.25, 0.3) is 11.6 Å². The maximum atomic E-state index is 12.3. The number of ether oxygens (including phenoxy) is 1. The Kier molecular flexibility index (Phi) is 5.09. The molecule has 0 saturated heterocycles. The van der Waals surface area contributed by atoms with Gasteiger partial charge in [-0.3, -0.25) is 14.9 Å². The van der Waals surface area contributed by atoms with Crippen LogP contribution in [-0.4, -0.2) is 22.9 Å². The van der Waals surface area contributed by atoms with Gasteiger partial charge in [-0.05, 0) is 43.3 Å². The number of aryl methyl sites for hydroxylation is 1. The van der Waals surface area contributed by atoms with Gasteiger partial charge in [0.1, 0.15) is 17.3 Å². The molecule has 0 saturated carbocycles. The molecule has 1 N–H and O–H groups in total. The summed E-state index contributed by atoms with van der Waals surface area (Å²) in [6, 6.07) is 10.5. The van der Waals surface area contributed by atoms with E-state index in [1.165, 1.54) is 31.4 Å². The van der Waals surface area contributed by atoms with Crippen LogP contribution in [-0.2, 0) is 0 Å². The Balaban J connectivity index is 1.87. The minimum atomic E-state index is -0.541. The maximum absolute atomic E-state index is 12.3. The number of halogens is 1. The fourth-order valence-corrected chi connectivity index (χ4v) is 2.50. The number of anilines is 1. The highest BCUT2D eigenvalue weighted by Gasteiger charge is 2.21. The number of nitro groups is 1. The smallest absolute Gasteiger partial charge is 0.292 e. The van der Waals surface area contributed by atoms with E-state index in [0.29, 0.717) is 22.3 Å². The first-order chi connectivity index (χ1) is 12.9. The monoisotopic (exact) mass is 387 g/mol. The zero-order valence-corrected chi connectivity index (χ0v) is 15.1. The van der Waals surface area contributed by atoms with Crippen LogP contribution in [0.4, 0.5) is 11.5 Å². The summed E-state index contributed by atoms with van der Waals surface area (Å²) >= 11 is 5.91. The molecular formula is C18H14ClN3O5. The largest absolute Gasteiger partial charge is 0.497 e. The first-order valence-electron chi connectivity index (χ1n) is 7.76. The molecule has 2 heterocycles.